The van der Waals surface area contributed by atoms with E-state index in [1.165, 1.54) is 11.3 Å². The van der Waals surface area contributed by atoms with Crippen LogP contribution in [-0.4, -0.2) is 57.8 Å². The molecule has 1 heterocycles. The van der Waals surface area contributed by atoms with Crippen LogP contribution in [0.3, 0.4) is 0 Å². The number of amides is 1. The molecule has 0 saturated carbocycles. The van der Waals surface area contributed by atoms with Crippen LogP contribution in [0.2, 0.25) is 0 Å². The molecule has 0 aromatic heterocycles. The van der Waals surface area contributed by atoms with Crippen molar-refractivity contribution >= 4 is 17.3 Å². The largest absolute Gasteiger partial charge is 0.497 e. The number of hydrogen-bond acceptors (Lipinski definition) is 5. The monoisotopic (exact) mass is 383 g/mol. The molecule has 0 radical (unpaired) electrons. The van der Waals surface area contributed by atoms with Crippen LogP contribution in [0.5, 0.6) is 11.5 Å². The predicted octanol–water partition coefficient (Wildman–Crippen LogP) is 3.16. The molecule has 6 heteroatoms. The molecule has 1 aliphatic heterocycles. The van der Waals surface area contributed by atoms with Gasteiger partial charge in [-0.25, -0.2) is 0 Å². The number of piperazine rings is 1. The highest BCUT2D eigenvalue weighted by atomic mass is 16.5. The molecule has 2 aromatic rings. The Bertz CT molecular complexity index is 801. The Labute approximate surface area is 167 Å². The molecule has 1 aliphatic rings. The molecular formula is C22H29N3O3. The highest BCUT2D eigenvalue weighted by Gasteiger charge is 2.18. The first-order valence-corrected chi connectivity index (χ1v) is 9.65. The molecule has 2 aromatic carbocycles. The van der Waals surface area contributed by atoms with E-state index in [0.29, 0.717) is 23.6 Å². The van der Waals surface area contributed by atoms with E-state index in [4.69, 9.17) is 9.47 Å². The number of nitrogens with zero attached hydrogens (tertiary/aromatic N) is 2. The zero-order chi connectivity index (χ0) is 19.9. The highest BCUT2D eigenvalue weighted by molar-refractivity contribution is 5.92. The van der Waals surface area contributed by atoms with Crippen molar-refractivity contribution in [2.24, 2.45) is 0 Å². The number of methoxy groups -OCH3 is 2. The fraction of sp³-hybridized carbons (Fsp3) is 0.409. The first-order valence-electron chi connectivity index (χ1n) is 9.65. The van der Waals surface area contributed by atoms with Gasteiger partial charge < -0.3 is 19.7 Å². The molecule has 6 nitrogen and oxygen atoms in total. The third kappa shape index (κ3) is 5.16. The molecule has 28 heavy (non-hydrogen) atoms. The number of anilines is 2. The summed E-state index contributed by atoms with van der Waals surface area (Å²) in [5.74, 6) is 1.28. The minimum Gasteiger partial charge on any atom is -0.497 e. The van der Waals surface area contributed by atoms with Crippen molar-refractivity contribution in [2.75, 3.05) is 57.2 Å². The quantitative estimate of drug-likeness (QED) is 0.796. The van der Waals surface area contributed by atoms with Crippen molar-refractivity contribution in [1.29, 1.82) is 0 Å². The Kier molecular flexibility index (Phi) is 6.76. The summed E-state index contributed by atoms with van der Waals surface area (Å²) in [6.45, 7) is 6.77. The predicted molar refractivity (Wildman–Crippen MR) is 113 cm³/mol. The van der Waals surface area contributed by atoms with E-state index in [2.05, 4.69) is 46.3 Å². The molecular weight excluding hydrogens is 354 g/mol. The van der Waals surface area contributed by atoms with Crippen LogP contribution in [-0.2, 0) is 4.79 Å². The van der Waals surface area contributed by atoms with Crippen molar-refractivity contribution < 1.29 is 14.3 Å². The Morgan fingerprint density at radius 2 is 1.82 bits per heavy atom. The van der Waals surface area contributed by atoms with Gasteiger partial charge in [-0.2, -0.15) is 0 Å². The SMILES string of the molecule is COc1ccc(NC(=O)CCN2CCN(c3cccc(C)c3)CC2)c(OC)c1. The number of nitrogens with one attached hydrogen (secondary N) is 1. The van der Waals surface area contributed by atoms with Crippen molar-refractivity contribution in [3.8, 4) is 11.5 Å². The van der Waals surface area contributed by atoms with Gasteiger partial charge in [0, 0.05) is 50.9 Å². The van der Waals surface area contributed by atoms with Gasteiger partial charge in [-0.05, 0) is 36.8 Å². The summed E-state index contributed by atoms with van der Waals surface area (Å²) in [7, 11) is 3.18. The molecule has 0 bridgehead atoms. The second-order valence-electron chi connectivity index (χ2n) is 7.03. The van der Waals surface area contributed by atoms with Crippen LogP contribution in [0.25, 0.3) is 0 Å². The Morgan fingerprint density at radius 3 is 2.50 bits per heavy atom. The lowest BCUT2D eigenvalue weighted by atomic mass is 10.2. The van der Waals surface area contributed by atoms with Crippen molar-refractivity contribution in [2.45, 2.75) is 13.3 Å². The van der Waals surface area contributed by atoms with Gasteiger partial charge in [-0.1, -0.05) is 12.1 Å². The van der Waals surface area contributed by atoms with Crippen LogP contribution in [0.1, 0.15) is 12.0 Å². The Hall–Kier alpha value is -2.73. The Morgan fingerprint density at radius 1 is 1.04 bits per heavy atom. The lowest BCUT2D eigenvalue weighted by Crippen LogP contribution is -2.47. The number of aryl methyl sites for hydroxylation is 1. The summed E-state index contributed by atoms with van der Waals surface area (Å²) < 4.78 is 10.5. The fourth-order valence-electron chi connectivity index (χ4n) is 3.43. The van der Waals surface area contributed by atoms with Crippen molar-refractivity contribution in [3.05, 3.63) is 48.0 Å². The number of carbonyl (C=O) groups excluding carboxylic acids is 1. The standard InChI is InChI=1S/C22H29N3O3/c1-17-5-4-6-18(15-17)25-13-11-24(12-14-25)10-9-22(26)23-20-8-7-19(27-2)16-21(20)28-3/h4-8,15-16H,9-14H2,1-3H3,(H,23,26). The third-order valence-electron chi connectivity index (χ3n) is 5.08. The lowest BCUT2D eigenvalue weighted by Gasteiger charge is -2.36. The van der Waals surface area contributed by atoms with Gasteiger partial charge in [0.2, 0.25) is 5.91 Å². The van der Waals surface area contributed by atoms with Crippen molar-refractivity contribution in [1.82, 2.24) is 4.90 Å². The van der Waals surface area contributed by atoms with E-state index < -0.39 is 0 Å². The smallest absolute Gasteiger partial charge is 0.225 e. The van der Waals surface area contributed by atoms with E-state index in [0.717, 1.165) is 32.7 Å². The molecule has 1 N–H and O–H groups in total. The minimum absolute atomic E-state index is 0.00965. The number of hydrogen-bond donors (Lipinski definition) is 1. The van der Waals surface area contributed by atoms with Gasteiger partial charge in [-0.15, -0.1) is 0 Å². The first kappa shape index (κ1) is 20.0. The van der Waals surface area contributed by atoms with E-state index in [-0.39, 0.29) is 5.91 Å². The van der Waals surface area contributed by atoms with E-state index in [9.17, 15) is 4.79 Å². The lowest BCUT2D eigenvalue weighted by molar-refractivity contribution is -0.116. The molecule has 1 amide bonds. The van der Waals surface area contributed by atoms with Crippen LogP contribution in [0, 0.1) is 6.92 Å². The van der Waals surface area contributed by atoms with Crippen LogP contribution in [0.15, 0.2) is 42.5 Å². The molecule has 0 spiro atoms. The molecule has 150 valence electrons. The molecule has 1 fully saturated rings. The second-order valence-corrected chi connectivity index (χ2v) is 7.03. The third-order valence-corrected chi connectivity index (χ3v) is 5.08. The summed E-state index contributed by atoms with van der Waals surface area (Å²) in [6, 6.07) is 14.0. The van der Waals surface area contributed by atoms with Crippen LogP contribution < -0.4 is 19.7 Å². The van der Waals surface area contributed by atoms with E-state index in [1.54, 1.807) is 26.4 Å². The molecule has 1 saturated heterocycles. The van der Waals surface area contributed by atoms with Gasteiger partial charge in [-0.3, -0.25) is 9.69 Å². The molecule has 0 aliphatic carbocycles. The number of carbonyl (C=O) groups is 1. The van der Waals surface area contributed by atoms with Crippen LogP contribution in [0.4, 0.5) is 11.4 Å². The summed E-state index contributed by atoms with van der Waals surface area (Å²) in [5.41, 5.74) is 3.23. The topological polar surface area (TPSA) is 54.0 Å². The first-order chi connectivity index (χ1) is 13.6. The average Bonchev–Trinajstić information content (AvgIpc) is 2.73. The maximum atomic E-state index is 12.4. The zero-order valence-corrected chi connectivity index (χ0v) is 16.9. The van der Waals surface area contributed by atoms with Crippen molar-refractivity contribution in [3.63, 3.8) is 0 Å². The summed E-state index contributed by atoms with van der Waals surface area (Å²) >= 11 is 0. The Balaban J connectivity index is 1.46. The maximum Gasteiger partial charge on any atom is 0.225 e. The molecule has 0 unspecified atom stereocenters. The zero-order valence-electron chi connectivity index (χ0n) is 16.9. The van der Waals surface area contributed by atoms with E-state index >= 15 is 0 Å². The fourth-order valence-corrected chi connectivity index (χ4v) is 3.43. The number of ether oxygens (including phenoxy) is 2. The van der Waals surface area contributed by atoms with Gasteiger partial charge in [0.15, 0.2) is 0 Å². The highest BCUT2D eigenvalue weighted by Crippen LogP contribution is 2.29. The van der Waals surface area contributed by atoms with Gasteiger partial charge >= 0.3 is 0 Å². The number of benzene rings is 2. The normalized spacial score (nSPS) is 14.6. The average molecular weight is 383 g/mol. The second kappa shape index (κ2) is 9.46. The maximum absolute atomic E-state index is 12.4. The minimum atomic E-state index is -0.00965. The summed E-state index contributed by atoms with van der Waals surface area (Å²) in [4.78, 5) is 17.1. The van der Waals surface area contributed by atoms with E-state index in [1.807, 2.05) is 6.07 Å². The molecule has 0 atom stereocenters. The van der Waals surface area contributed by atoms with Gasteiger partial charge in [0.25, 0.3) is 0 Å². The summed E-state index contributed by atoms with van der Waals surface area (Å²) in [5, 5.41) is 2.94. The summed E-state index contributed by atoms with van der Waals surface area (Å²) in [6.07, 6.45) is 0.458. The van der Waals surface area contributed by atoms with Gasteiger partial charge in [0.1, 0.15) is 11.5 Å². The molecule has 3 rings (SSSR count). The van der Waals surface area contributed by atoms with Crippen LogP contribution >= 0.6 is 0 Å². The number of rotatable bonds is 7. The van der Waals surface area contributed by atoms with Gasteiger partial charge in [0.05, 0.1) is 19.9 Å².